The fourth-order valence-corrected chi connectivity index (χ4v) is 2.86. The third-order valence-electron chi connectivity index (χ3n) is 4.08. The van der Waals surface area contributed by atoms with Crippen LogP contribution in [0.5, 0.6) is 5.88 Å². The normalized spacial score (nSPS) is 10.8. The molecule has 0 unspecified atom stereocenters. The van der Waals surface area contributed by atoms with Crippen LogP contribution < -0.4 is 9.30 Å². The van der Waals surface area contributed by atoms with Crippen molar-refractivity contribution in [3.05, 3.63) is 102 Å². The van der Waals surface area contributed by atoms with Crippen LogP contribution in [0.15, 0.2) is 91.3 Å². The van der Waals surface area contributed by atoms with Crippen LogP contribution in [0.25, 0.3) is 5.65 Å². The van der Waals surface area contributed by atoms with Gasteiger partial charge >= 0.3 is 0 Å². The van der Waals surface area contributed by atoms with Crippen LogP contribution in [0.2, 0.25) is 0 Å². The number of pyridine rings is 1. The van der Waals surface area contributed by atoms with E-state index >= 15 is 0 Å². The Kier molecular flexibility index (Phi) is 3.98. The smallest absolute Gasteiger partial charge is 0.289 e. The van der Waals surface area contributed by atoms with Gasteiger partial charge in [-0.1, -0.05) is 60.7 Å². The van der Waals surface area contributed by atoms with Crippen LogP contribution in [0.1, 0.15) is 11.1 Å². The predicted molar refractivity (Wildman–Crippen MR) is 93.9 cm³/mol. The van der Waals surface area contributed by atoms with E-state index in [4.69, 9.17) is 4.74 Å². The van der Waals surface area contributed by atoms with Crippen LogP contribution in [0.3, 0.4) is 0 Å². The van der Waals surface area contributed by atoms with Crippen LogP contribution in [-0.2, 0) is 13.2 Å². The number of nitrogens with zero attached hydrogens (tertiary/aromatic N) is 2. The average Bonchev–Trinajstić information content (AvgIpc) is 3.05. The summed E-state index contributed by atoms with van der Waals surface area (Å²) in [5.41, 5.74) is 3.56. The lowest BCUT2D eigenvalue weighted by molar-refractivity contribution is -0.661. The molecule has 3 heteroatoms. The lowest BCUT2D eigenvalue weighted by Gasteiger charge is -2.05. The van der Waals surface area contributed by atoms with Crippen molar-refractivity contribution >= 4 is 5.65 Å². The largest absolute Gasteiger partial charge is 0.457 e. The van der Waals surface area contributed by atoms with E-state index in [1.54, 1.807) is 0 Å². The summed E-state index contributed by atoms with van der Waals surface area (Å²) in [6, 6.07) is 26.9. The van der Waals surface area contributed by atoms with E-state index in [2.05, 4.69) is 63.8 Å². The summed E-state index contributed by atoms with van der Waals surface area (Å²) in [5.74, 6) is 0.850. The summed E-state index contributed by atoms with van der Waals surface area (Å²) in [5, 5.41) is 0. The first-order valence-electron chi connectivity index (χ1n) is 8.10. The molecule has 0 spiro atoms. The molecule has 3 nitrogen and oxygen atoms in total. The molecule has 2 aromatic heterocycles. The highest BCUT2D eigenvalue weighted by Gasteiger charge is 2.14. The zero-order chi connectivity index (χ0) is 16.2. The fourth-order valence-electron chi connectivity index (χ4n) is 2.86. The topological polar surface area (TPSA) is 17.5 Å². The number of hydrogen-bond acceptors (Lipinski definition) is 1. The van der Waals surface area contributed by atoms with Gasteiger partial charge in [-0.05, 0) is 17.2 Å². The van der Waals surface area contributed by atoms with Gasteiger partial charge in [0.25, 0.3) is 11.5 Å². The molecule has 2 heterocycles. The second-order valence-corrected chi connectivity index (χ2v) is 5.78. The van der Waals surface area contributed by atoms with Gasteiger partial charge in [0.2, 0.25) is 0 Å². The molecule has 0 aliphatic rings. The Morgan fingerprint density at radius 2 is 1.46 bits per heavy atom. The second kappa shape index (κ2) is 6.59. The Morgan fingerprint density at radius 1 is 0.750 bits per heavy atom. The first kappa shape index (κ1) is 14.5. The van der Waals surface area contributed by atoms with Crippen LogP contribution in [-0.4, -0.2) is 4.40 Å². The summed E-state index contributed by atoms with van der Waals surface area (Å²) in [6.45, 7) is 1.41. The summed E-state index contributed by atoms with van der Waals surface area (Å²) in [7, 11) is 0. The molecule has 118 valence electrons. The number of aromatic nitrogens is 2. The van der Waals surface area contributed by atoms with Crippen molar-refractivity contribution in [1.29, 1.82) is 0 Å². The minimum Gasteiger partial charge on any atom is -0.457 e. The highest BCUT2D eigenvalue weighted by Crippen LogP contribution is 2.15. The van der Waals surface area contributed by atoms with Crippen molar-refractivity contribution in [2.75, 3.05) is 0 Å². The molecule has 0 aliphatic heterocycles. The van der Waals surface area contributed by atoms with Gasteiger partial charge in [-0.15, -0.1) is 0 Å². The van der Waals surface area contributed by atoms with Crippen molar-refractivity contribution < 1.29 is 9.30 Å². The van der Waals surface area contributed by atoms with Gasteiger partial charge in [0, 0.05) is 12.1 Å². The molecule has 0 N–H and O–H groups in total. The lowest BCUT2D eigenvalue weighted by Crippen LogP contribution is -2.32. The standard InChI is InChI=1S/C21H19N2O/c1-3-8-18(9-4-1)16-22-14-15-23-20(22)12-7-13-21(23)24-17-19-10-5-2-6-11-19/h1-15H,16-17H2/q+1. The van der Waals surface area contributed by atoms with Crippen molar-refractivity contribution in [2.45, 2.75) is 13.2 Å². The number of rotatable bonds is 5. The van der Waals surface area contributed by atoms with E-state index in [-0.39, 0.29) is 0 Å². The summed E-state index contributed by atoms with van der Waals surface area (Å²) >= 11 is 0. The second-order valence-electron chi connectivity index (χ2n) is 5.78. The number of fused-ring (bicyclic) bond motifs is 1. The third kappa shape index (κ3) is 3.01. The lowest BCUT2D eigenvalue weighted by atomic mass is 10.2. The molecule has 0 saturated carbocycles. The van der Waals surface area contributed by atoms with Crippen molar-refractivity contribution in [3.63, 3.8) is 0 Å². The number of benzene rings is 2. The molecule has 24 heavy (non-hydrogen) atoms. The highest BCUT2D eigenvalue weighted by molar-refractivity contribution is 5.37. The Labute approximate surface area is 141 Å². The molecule has 4 rings (SSSR count). The highest BCUT2D eigenvalue weighted by atomic mass is 16.5. The zero-order valence-electron chi connectivity index (χ0n) is 13.4. The Balaban J connectivity index is 1.59. The van der Waals surface area contributed by atoms with Crippen LogP contribution in [0.4, 0.5) is 0 Å². The molecule has 2 aromatic carbocycles. The monoisotopic (exact) mass is 315 g/mol. The van der Waals surface area contributed by atoms with Crippen molar-refractivity contribution in [3.8, 4) is 5.88 Å². The summed E-state index contributed by atoms with van der Waals surface area (Å²) in [6.07, 6.45) is 4.15. The maximum atomic E-state index is 6.02. The SMILES string of the molecule is c1ccc(COc2cccc3n2cc[n+]3Cc2ccccc2)cc1. The number of hydrogen-bond donors (Lipinski definition) is 0. The van der Waals surface area contributed by atoms with E-state index in [9.17, 15) is 0 Å². The third-order valence-corrected chi connectivity index (χ3v) is 4.08. The van der Waals surface area contributed by atoms with E-state index in [0.717, 1.165) is 18.1 Å². The van der Waals surface area contributed by atoms with Gasteiger partial charge in [0.1, 0.15) is 25.5 Å². The van der Waals surface area contributed by atoms with Gasteiger partial charge in [0.15, 0.2) is 0 Å². The van der Waals surface area contributed by atoms with Gasteiger partial charge in [-0.25, -0.2) is 4.57 Å². The summed E-state index contributed by atoms with van der Waals surface area (Å²) in [4.78, 5) is 0. The fraction of sp³-hybridized carbons (Fsp3) is 0.0952. The van der Waals surface area contributed by atoms with Crippen molar-refractivity contribution in [1.82, 2.24) is 4.40 Å². The minimum absolute atomic E-state index is 0.566. The van der Waals surface area contributed by atoms with Gasteiger partial charge < -0.3 is 4.74 Å². The predicted octanol–water partition coefficient (Wildman–Crippen LogP) is 3.85. The molecule has 0 saturated heterocycles. The number of imidazole rings is 1. The van der Waals surface area contributed by atoms with Gasteiger partial charge in [0.05, 0.1) is 0 Å². The summed E-state index contributed by atoms with van der Waals surface area (Å²) < 4.78 is 10.3. The first-order valence-corrected chi connectivity index (χ1v) is 8.10. The van der Waals surface area contributed by atoms with Gasteiger partial charge in [-0.2, -0.15) is 4.40 Å². The van der Waals surface area contributed by atoms with Crippen LogP contribution in [0, 0.1) is 0 Å². The molecule has 0 bridgehead atoms. The molecular weight excluding hydrogens is 296 g/mol. The first-order chi connectivity index (χ1) is 11.9. The quantitative estimate of drug-likeness (QED) is 0.511. The molecule has 0 atom stereocenters. The molecule has 0 radical (unpaired) electrons. The van der Waals surface area contributed by atoms with E-state index in [0.29, 0.717) is 6.61 Å². The molecular formula is C21H19N2O+. The molecule has 0 aliphatic carbocycles. The van der Waals surface area contributed by atoms with Crippen LogP contribution >= 0.6 is 0 Å². The number of ether oxygens (including phenoxy) is 1. The average molecular weight is 315 g/mol. The van der Waals surface area contributed by atoms with Gasteiger partial charge in [-0.3, -0.25) is 0 Å². The Hall–Kier alpha value is -3.07. The Morgan fingerprint density at radius 3 is 2.21 bits per heavy atom. The maximum absolute atomic E-state index is 6.02. The van der Waals surface area contributed by atoms with E-state index in [1.165, 1.54) is 11.1 Å². The minimum atomic E-state index is 0.566. The molecule has 4 aromatic rings. The molecule has 0 fully saturated rings. The van der Waals surface area contributed by atoms with E-state index in [1.807, 2.05) is 36.4 Å². The Bertz CT molecular complexity index is 930. The molecule has 0 amide bonds. The maximum Gasteiger partial charge on any atom is 0.289 e. The zero-order valence-corrected chi connectivity index (χ0v) is 13.4. The van der Waals surface area contributed by atoms with Crippen molar-refractivity contribution in [2.24, 2.45) is 0 Å². The van der Waals surface area contributed by atoms with E-state index < -0.39 is 0 Å².